The molecule has 1 aliphatic heterocycles. The summed E-state index contributed by atoms with van der Waals surface area (Å²) in [5.41, 5.74) is 3.38. The molecule has 4 rings (SSSR count). The molecule has 1 N–H and O–H groups in total. The highest BCUT2D eigenvalue weighted by atomic mass is 16.5. The number of nitrogens with zero attached hydrogens (tertiary/aromatic N) is 1. The van der Waals surface area contributed by atoms with Crippen LogP contribution >= 0.6 is 0 Å². The van der Waals surface area contributed by atoms with Gasteiger partial charge in [0.2, 0.25) is 0 Å². The number of carbonyl (C=O) groups is 2. The van der Waals surface area contributed by atoms with E-state index in [2.05, 4.69) is 0 Å². The third-order valence-corrected chi connectivity index (χ3v) is 6.16. The van der Waals surface area contributed by atoms with E-state index < -0.39 is 17.7 Å². The van der Waals surface area contributed by atoms with Gasteiger partial charge in [-0.3, -0.25) is 9.59 Å². The first-order valence-electron chi connectivity index (χ1n) is 11.6. The number of carbonyl (C=O) groups excluding carboxylic acids is 2. The molecule has 0 spiro atoms. The molecule has 3 aromatic rings. The number of hydrogen-bond acceptors (Lipinski definition) is 6. The highest BCUT2D eigenvalue weighted by Crippen LogP contribution is 2.39. The summed E-state index contributed by atoms with van der Waals surface area (Å²) in [6.07, 6.45) is 0. The number of amides is 1. The summed E-state index contributed by atoms with van der Waals surface area (Å²) in [5, 5.41) is 11.1. The van der Waals surface area contributed by atoms with Crippen molar-refractivity contribution >= 4 is 17.4 Å². The van der Waals surface area contributed by atoms with Crippen molar-refractivity contribution in [3.8, 4) is 11.5 Å². The average Bonchev–Trinajstić information content (AvgIpc) is 3.16. The molecule has 1 saturated heterocycles. The van der Waals surface area contributed by atoms with Gasteiger partial charge in [-0.15, -0.1) is 0 Å². The van der Waals surface area contributed by atoms with E-state index in [-0.39, 0.29) is 24.5 Å². The van der Waals surface area contributed by atoms with E-state index in [0.717, 1.165) is 5.56 Å². The number of aliphatic hydroxyl groups is 1. The van der Waals surface area contributed by atoms with Crippen LogP contribution in [-0.4, -0.2) is 49.1 Å². The summed E-state index contributed by atoms with van der Waals surface area (Å²) in [6, 6.07) is 21.2. The molecule has 3 aromatic carbocycles. The van der Waals surface area contributed by atoms with Crippen LogP contribution in [0.3, 0.4) is 0 Å². The third kappa shape index (κ3) is 5.26. The fourth-order valence-corrected chi connectivity index (χ4v) is 4.15. The van der Waals surface area contributed by atoms with Gasteiger partial charge < -0.3 is 24.2 Å². The summed E-state index contributed by atoms with van der Waals surface area (Å²) in [4.78, 5) is 27.4. The molecule has 1 fully saturated rings. The molecular formula is C29H29NO6. The number of ether oxygens (including phenoxy) is 3. The fourth-order valence-electron chi connectivity index (χ4n) is 4.15. The molecule has 7 nitrogen and oxygen atoms in total. The van der Waals surface area contributed by atoms with E-state index in [4.69, 9.17) is 14.2 Å². The molecule has 1 atom stereocenters. The van der Waals surface area contributed by atoms with Crippen molar-refractivity contribution in [2.75, 3.05) is 27.4 Å². The molecule has 1 aliphatic rings. The molecule has 186 valence electrons. The van der Waals surface area contributed by atoms with Crippen molar-refractivity contribution < 1.29 is 28.9 Å². The minimum Gasteiger partial charge on any atom is -0.507 e. The zero-order chi connectivity index (χ0) is 25.7. The Hall–Kier alpha value is -4.10. The van der Waals surface area contributed by atoms with Crippen LogP contribution in [-0.2, 0) is 20.9 Å². The number of ketones is 1. The first-order chi connectivity index (χ1) is 17.4. The van der Waals surface area contributed by atoms with Crippen LogP contribution in [0.4, 0.5) is 0 Å². The Bertz CT molecular complexity index is 1250. The van der Waals surface area contributed by atoms with Crippen LogP contribution in [0.5, 0.6) is 11.5 Å². The van der Waals surface area contributed by atoms with Gasteiger partial charge in [0.1, 0.15) is 23.9 Å². The predicted molar refractivity (Wildman–Crippen MR) is 136 cm³/mol. The lowest BCUT2D eigenvalue weighted by molar-refractivity contribution is -0.140. The van der Waals surface area contributed by atoms with E-state index in [1.165, 1.54) is 17.6 Å². The Morgan fingerprint density at radius 1 is 0.889 bits per heavy atom. The van der Waals surface area contributed by atoms with E-state index in [1.54, 1.807) is 43.5 Å². The smallest absolute Gasteiger partial charge is 0.295 e. The van der Waals surface area contributed by atoms with Gasteiger partial charge in [0.15, 0.2) is 0 Å². The van der Waals surface area contributed by atoms with Gasteiger partial charge in [-0.25, -0.2) is 0 Å². The Morgan fingerprint density at radius 3 is 2.14 bits per heavy atom. The summed E-state index contributed by atoms with van der Waals surface area (Å²) in [5.74, 6) is -0.371. The fraction of sp³-hybridized carbons (Fsp3) is 0.241. The van der Waals surface area contributed by atoms with Crippen LogP contribution < -0.4 is 9.47 Å². The van der Waals surface area contributed by atoms with Crippen molar-refractivity contribution in [2.45, 2.75) is 19.6 Å². The minimum absolute atomic E-state index is 0.0367. The summed E-state index contributed by atoms with van der Waals surface area (Å²) in [6.45, 7) is 2.91. The Labute approximate surface area is 210 Å². The lowest BCUT2D eigenvalue weighted by atomic mass is 9.95. The topological polar surface area (TPSA) is 85.3 Å². The predicted octanol–water partition coefficient (Wildman–Crippen LogP) is 4.65. The normalized spacial score (nSPS) is 16.9. The lowest BCUT2D eigenvalue weighted by Crippen LogP contribution is -2.32. The SMILES string of the molecule is COCCN1C(=O)C(=O)/C(=C(\O)c2ccc(OC)cc2)C1c1ccc(OCc2ccc(C)cc2)cc1. The number of methoxy groups -OCH3 is 2. The molecule has 0 radical (unpaired) electrons. The quantitative estimate of drug-likeness (QED) is 0.269. The van der Waals surface area contributed by atoms with E-state index >= 15 is 0 Å². The standard InChI is InChI=1S/C29H29NO6/c1-19-4-6-20(7-5-19)18-36-24-14-8-21(9-15-24)26-25(28(32)29(33)30(26)16-17-34-2)27(31)22-10-12-23(35-3)13-11-22/h4-15,26,31H,16-18H2,1-3H3/b27-25-. The lowest BCUT2D eigenvalue weighted by Gasteiger charge is -2.25. The first-order valence-corrected chi connectivity index (χ1v) is 11.6. The number of Topliss-reactive ketones (excluding diaryl/α,β-unsaturated/α-hetero) is 1. The van der Waals surface area contributed by atoms with Crippen LogP contribution in [0.1, 0.15) is 28.3 Å². The molecule has 0 bridgehead atoms. The maximum absolute atomic E-state index is 13.1. The Kier molecular flexibility index (Phi) is 7.71. The molecule has 0 aliphatic carbocycles. The van der Waals surface area contributed by atoms with Crippen molar-refractivity contribution in [2.24, 2.45) is 0 Å². The van der Waals surface area contributed by atoms with E-state index in [1.807, 2.05) is 43.3 Å². The second-order valence-corrected chi connectivity index (χ2v) is 8.56. The monoisotopic (exact) mass is 487 g/mol. The van der Waals surface area contributed by atoms with Gasteiger partial charge in [0.25, 0.3) is 11.7 Å². The van der Waals surface area contributed by atoms with Gasteiger partial charge >= 0.3 is 0 Å². The van der Waals surface area contributed by atoms with Crippen LogP contribution in [0.2, 0.25) is 0 Å². The number of aliphatic hydroxyl groups excluding tert-OH is 1. The second kappa shape index (κ2) is 11.1. The molecule has 1 heterocycles. The van der Waals surface area contributed by atoms with Crippen molar-refractivity contribution in [1.82, 2.24) is 4.90 Å². The van der Waals surface area contributed by atoms with Crippen LogP contribution in [0, 0.1) is 6.92 Å². The van der Waals surface area contributed by atoms with Gasteiger partial charge in [-0.05, 0) is 54.4 Å². The average molecular weight is 488 g/mol. The zero-order valence-corrected chi connectivity index (χ0v) is 20.6. The van der Waals surface area contributed by atoms with Crippen LogP contribution in [0.15, 0.2) is 78.4 Å². The number of aryl methyl sites for hydroxylation is 1. The largest absolute Gasteiger partial charge is 0.507 e. The number of rotatable bonds is 9. The van der Waals surface area contributed by atoms with E-state index in [9.17, 15) is 14.7 Å². The van der Waals surface area contributed by atoms with Gasteiger partial charge in [0, 0.05) is 19.2 Å². The van der Waals surface area contributed by atoms with Gasteiger partial charge in [-0.1, -0.05) is 42.0 Å². The van der Waals surface area contributed by atoms with E-state index in [0.29, 0.717) is 29.2 Å². The Morgan fingerprint density at radius 2 is 1.53 bits per heavy atom. The summed E-state index contributed by atoms with van der Waals surface area (Å²) in [7, 11) is 3.08. The zero-order valence-electron chi connectivity index (χ0n) is 20.6. The number of hydrogen-bond donors (Lipinski definition) is 1. The summed E-state index contributed by atoms with van der Waals surface area (Å²) < 4.78 is 16.2. The maximum atomic E-state index is 13.1. The van der Waals surface area contributed by atoms with Crippen molar-refractivity contribution in [3.63, 3.8) is 0 Å². The Balaban J connectivity index is 1.65. The third-order valence-electron chi connectivity index (χ3n) is 6.16. The van der Waals surface area contributed by atoms with Gasteiger partial charge in [-0.2, -0.15) is 0 Å². The van der Waals surface area contributed by atoms with Gasteiger partial charge in [0.05, 0.1) is 25.3 Å². The van der Waals surface area contributed by atoms with Crippen LogP contribution in [0.25, 0.3) is 5.76 Å². The highest BCUT2D eigenvalue weighted by molar-refractivity contribution is 6.46. The molecule has 1 unspecified atom stereocenters. The molecule has 36 heavy (non-hydrogen) atoms. The van der Waals surface area contributed by atoms with Crippen molar-refractivity contribution in [3.05, 3.63) is 101 Å². The molecule has 0 saturated carbocycles. The molecule has 1 amide bonds. The molecule has 7 heteroatoms. The second-order valence-electron chi connectivity index (χ2n) is 8.56. The summed E-state index contributed by atoms with van der Waals surface area (Å²) >= 11 is 0. The number of benzene rings is 3. The maximum Gasteiger partial charge on any atom is 0.295 e. The molecular weight excluding hydrogens is 458 g/mol. The highest BCUT2D eigenvalue weighted by Gasteiger charge is 2.45. The first kappa shape index (κ1) is 25.0. The minimum atomic E-state index is -0.756. The molecule has 0 aromatic heterocycles. The van der Waals surface area contributed by atoms with Crippen molar-refractivity contribution in [1.29, 1.82) is 0 Å². The number of likely N-dealkylation sites (tertiary alicyclic amines) is 1.